The molecule has 1 aliphatic heterocycles. The van der Waals surface area contributed by atoms with Crippen LogP contribution in [0, 0.1) is 5.82 Å². The summed E-state index contributed by atoms with van der Waals surface area (Å²) in [6.07, 6.45) is 2.29. The average Bonchev–Trinajstić information content (AvgIpc) is 3.23. The second kappa shape index (κ2) is 8.29. The first-order chi connectivity index (χ1) is 13.6. The van der Waals surface area contributed by atoms with Gasteiger partial charge in [-0.25, -0.2) is 4.39 Å². The highest BCUT2D eigenvalue weighted by molar-refractivity contribution is 6.33. The normalized spacial score (nSPS) is 15.6. The Morgan fingerprint density at radius 3 is 2.54 bits per heavy atom. The lowest BCUT2D eigenvalue weighted by atomic mass is 9.97. The Kier molecular flexibility index (Phi) is 5.60. The second-order valence-corrected chi connectivity index (χ2v) is 7.54. The predicted octanol–water partition coefficient (Wildman–Crippen LogP) is 5.20. The minimum absolute atomic E-state index is 0.0306. The molecule has 0 aliphatic carbocycles. The van der Waals surface area contributed by atoms with E-state index in [-0.39, 0.29) is 16.6 Å². The molecule has 0 radical (unpaired) electrons. The first-order valence-corrected chi connectivity index (χ1v) is 9.97. The number of hydrogen-bond acceptors (Lipinski definition) is 2. The first-order valence-electron chi connectivity index (χ1n) is 9.59. The number of carbonyl (C=O) groups is 1. The number of carbonyl (C=O) groups excluding carboxylic acids is 1. The maximum absolute atomic E-state index is 14.1. The fourth-order valence-corrected chi connectivity index (χ4v) is 4.27. The fourth-order valence-electron chi connectivity index (χ4n) is 4.02. The molecule has 28 heavy (non-hydrogen) atoms. The molecule has 0 unspecified atom stereocenters. The van der Waals surface area contributed by atoms with Crippen LogP contribution in [0.3, 0.4) is 0 Å². The summed E-state index contributed by atoms with van der Waals surface area (Å²) in [5, 5.41) is 5.40. The number of halogens is 2. The van der Waals surface area contributed by atoms with E-state index in [4.69, 9.17) is 11.6 Å². The van der Waals surface area contributed by atoms with Crippen molar-refractivity contribution >= 4 is 28.3 Å². The molecule has 3 nitrogen and oxygen atoms in total. The Labute approximate surface area is 169 Å². The molecule has 1 saturated heterocycles. The van der Waals surface area contributed by atoms with E-state index >= 15 is 0 Å². The molecule has 1 amide bonds. The topological polar surface area (TPSA) is 32.3 Å². The Bertz CT molecular complexity index is 975. The third-order valence-corrected chi connectivity index (χ3v) is 5.72. The fraction of sp³-hybridized carbons (Fsp3) is 0.261. The van der Waals surface area contributed by atoms with Crippen LogP contribution < -0.4 is 5.32 Å². The minimum Gasteiger partial charge on any atom is -0.350 e. The zero-order chi connectivity index (χ0) is 19.5. The van der Waals surface area contributed by atoms with E-state index in [1.807, 2.05) is 12.1 Å². The molecule has 1 N–H and O–H groups in total. The molecule has 4 rings (SSSR count). The van der Waals surface area contributed by atoms with Gasteiger partial charge in [-0.05, 0) is 54.4 Å². The molecule has 0 spiro atoms. The third-order valence-electron chi connectivity index (χ3n) is 5.41. The van der Waals surface area contributed by atoms with Gasteiger partial charge in [0.2, 0.25) is 0 Å². The lowest BCUT2D eigenvalue weighted by Gasteiger charge is -2.29. The maximum atomic E-state index is 14.1. The van der Waals surface area contributed by atoms with Gasteiger partial charge in [0.05, 0.1) is 16.6 Å². The van der Waals surface area contributed by atoms with Crippen molar-refractivity contribution < 1.29 is 9.18 Å². The van der Waals surface area contributed by atoms with Crippen molar-refractivity contribution in [3.05, 3.63) is 82.6 Å². The van der Waals surface area contributed by atoms with Crippen LogP contribution >= 0.6 is 11.6 Å². The van der Waals surface area contributed by atoms with E-state index in [0.29, 0.717) is 6.54 Å². The number of fused-ring (bicyclic) bond motifs is 1. The van der Waals surface area contributed by atoms with Crippen LogP contribution in [0.5, 0.6) is 0 Å². The van der Waals surface area contributed by atoms with Gasteiger partial charge in [-0.15, -0.1) is 0 Å². The third kappa shape index (κ3) is 3.75. The highest BCUT2D eigenvalue weighted by Gasteiger charge is 2.26. The molecular weight excluding hydrogens is 375 g/mol. The largest absolute Gasteiger partial charge is 0.350 e. The second-order valence-electron chi connectivity index (χ2n) is 7.13. The van der Waals surface area contributed by atoms with Crippen LogP contribution in [-0.4, -0.2) is 30.4 Å². The van der Waals surface area contributed by atoms with Crippen molar-refractivity contribution in [3.63, 3.8) is 0 Å². The minimum atomic E-state index is -0.604. The van der Waals surface area contributed by atoms with E-state index in [1.54, 1.807) is 0 Å². The Morgan fingerprint density at radius 1 is 1.04 bits per heavy atom. The smallest absolute Gasteiger partial charge is 0.255 e. The number of hydrogen-bond donors (Lipinski definition) is 1. The van der Waals surface area contributed by atoms with E-state index in [0.717, 1.165) is 25.9 Å². The van der Waals surface area contributed by atoms with Gasteiger partial charge in [-0.1, -0.05) is 60.1 Å². The maximum Gasteiger partial charge on any atom is 0.255 e. The van der Waals surface area contributed by atoms with Gasteiger partial charge in [0.25, 0.3) is 5.91 Å². The summed E-state index contributed by atoms with van der Waals surface area (Å²) in [6, 6.07) is 18.8. The summed E-state index contributed by atoms with van der Waals surface area (Å²) in [4.78, 5) is 15.0. The van der Waals surface area contributed by atoms with Crippen LogP contribution in [0.4, 0.5) is 4.39 Å². The molecule has 144 valence electrons. The number of benzene rings is 3. The van der Waals surface area contributed by atoms with Crippen molar-refractivity contribution in [1.29, 1.82) is 0 Å². The van der Waals surface area contributed by atoms with Crippen molar-refractivity contribution in [2.24, 2.45) is 0 Å². The lowest BCUT2D eigenvalue weighted by molar-refractivity contribution is 0.0934. The standard InChI is InChI=1S/C23H22ClFN2O/c24-19-11-6-12-20(25)22(19)23(28)26-15-21(27-13-3-4-14-27)18-10-5-8-16-7-1-2-9-17(16)18/h1-2,5-12,21H,3-4,13-15H2,(H,26,28)/t21-/m1/s1. The molecule has 3 aromatic carbocycles. The molecule has 5 heteroatoms. The van der Waals surface area contributed by atoms with Gasteiger partial charge in [-0.2, -0.15) is 0 Å². The zero-order valence-electron chi connectivity index (χ0n) is 15.5. The van der Waals surface area contributed by atoms with Crippen LogP contribution in [0.15, 0.2) is 60.7 Å². The molecule has 0 bridgehead atoms. The number of amides is 1. The van der Waals surface area contributed by atoms with Crippen LogP contribution in [0.2, 0.25) is 5.02 Å². The van der Waals surface area contributed by atoms with E-state index in [2.05, 4.69) is 40.5 Å². The summed E-state index contributed by atoms with van der Waals surface area (Å²) < 4.78 is 14.1. The number of likely N-dealkylation sites (tertiary alicyclic amines) is 1. The van der Waals surface area contributed by atoms with Crippen LogP contribution in [0.25, 0.3) is 10.8 Å². The molecule has 1 atom stereocenters. The van der Waals surface area contributed by atoms with Crippen molar-refractivity contribution in [2.45, 2.75) is 18.9 Å². The van der Waals surface area contributed by atoms with Crippen molar-refractivity contribution in [2.75, 3.05) is 19.6 Å². The van der Waals surface area contributed by atoms with Gasteiger partial charge in [0.15, 0.2) is 0 Å². The monoisotopic (exact) mass is 396 g/mol. The molecule has 3 aromatic rings. The zero-order valence-corrected chi connectivity index (χ0v) is 16.3. The molecule has 1 aliphatic rings. The Balaban J connectivity index is 1.63. The van der Waals surface area contributed by atoms with E-state index in [1.165, 1.54) is 34.5 Å². The predicted molar refractivity (Wildman–Crippen MR) is 111 cm³/mol. The Morgan fingerprint density at radius 2 is 1.75 bits per heavy atom. The first kappa shape index (κ1) is 18.9. The average molecular weight is 397 g/mol. The molecule has 0 saturated carbocycles. The number of rotatable bonds is 5. The summed E-state index contributed by atoms with van der Waals surface area (Å²) >= 11 is 6.05. The molecule has 1 heterocycles. The van der Waals surface area contributed by atoms with Crippen molar-refractivity contribution in [3.8, 4) is 0 Å². The molecular formula is C23H22ClFN2O. The van der Waals surface area contributed by atoms with Gasteiger partial charge >= 0.3 is 0 Å². The summed E-state index contributed by atoms with van der Waals surface area (Å²) in [5.41, 5.74) is 1.09. The van der Waals surface area contributed by atoms with Crippen LogP contribution in [0.1, 0.15) is 34.8 Å². The summed E-state index contributed by atoms with van der Waals surface area (Å²) in [7, 11) is 0. The van der Waals surface area contributed by atoms with Gasteiger partial charge in [0.1, 0.15) is 5.82 Å². The quantitative estimate of drug-likeness (QED) is 0.642. The lowest BCUT2D eigenvalue weighted by Crippen LogP contribution is -2.37. The highest BCUT2D eigenvalue weighted by Crippen LogP contribution is 2.30. The van der Waals surface area contributed by atoms with Gasteiger partial charge in [0, 0.05) is 6.54 Å². The van der Waals surface area contributed by atoms with Crippen molar-refractivity contribution in [1.82, 2.24) is 10.2 Å². The van der Waals surface area contributed by atoms with Crippen LogP contribution in [-0.2, 0) is 0 Å². The molecule has 0 aromatic heterocycles. The summed E-state index contributed by atoms with van der Waals surface area (Å²) in [5.74, 6) is -1.08. The SMILES string of the molecule is O=C(NC[C@H](c1cccc2ccccc12)N1CCCC1)c1c(F)cccc1Cl. The number of nitrogens with one attached hydrogen (secondary N) is 1. The Hall–Kier alpha value is -2.43. The number of nitrogens with zero attached hydrogens (tertiary/aromatic N) is 1. The van der Waals surface area contributed by atoms with E-state index < -0.39 is 11.7 Å². The van der Waals surface area contributed by atoms with Gasteiger partial charge < -0.3 is 5.32 Å². The summed E-state index contributed by atoms with van der Waals surface area (Å²) in [6.45, 7) is 2.38. The van der Waals surface area contributed by atoms with Gasteiger partial charge in [-0.3, -0.25) is 9.69 Å². The van der Waals surface area contributed by atoms with E-state index in [9.17, 15) is 9.18 Å². The highest BCUT2D eigenvalue weighted by atomic mass is 35.5. The molecule has 1 fully saturated rings.